The van der Waals surface area contributed by atoms with Gasteiger partial charge < -0.3 is 10.8 Å². The first-order chi connectivity index (χ1) is 10.2. The number of aliphatic hydroxyl groups excluding tert-OH is 1. The van der Waals surface area contributed by atoms with E-state index < -0.39 is 6.23 Å². The van der Waals surface area contributed by atoms with Gasteiger partial charge in [-0.15, -0.1) is 0 Å². The van der Waals surface area contributed by atoms with Gasteiger partial charge in [-0.2, -0.15) is 11.8 Å². The Hall–Kier alpha value is -1.03. The Balaban J connectivity index is 1.98. The summed E-state index contributed by atoms with van der Waals surface area (Å²) in [5.41, 5.74) is 8.35. The van der Waals surface area contributed by atoms with Crippen molar-refractivity contribution in [3.8, 4) is 0 Å². The Labute approximate surface area is 132 Å². The average molecular weight is 303 g/mol. The minimum absolute atomic E-state index is 0.531. The SMILES string of the molecule is C/C=C\C=C/[C@H]1CC(CSCCC(N)O)c2ccccc21. The first-order valence-corrected chi connectivity index (χ1v) is 8.77. The van der Waals surface area contributed by atoms with Gasteiger partial charge in [0.2, 0.25) is 0 Å². The van der Waals surface area contributed by atoms with Crippen LogP contribution in [0.25, 0.3) is 0 Å². The fraction of sp³-hybridized carbons (Fsp3) is 0.444. The molecule has 1 aliphatic rings. The summed E-state index contributed by atoms with van der Waals surface area (Å²) in [6.45, 7) is 2.04. The lowest BCUT2D eigenvalue weighted by Gasteiger charge is -2.11. The van der Waals surface area contributed by atoms with Crippen LogP contribution < -0.4 is 5.73 Å². The molecule has 0 saturated carbocycles. The lowest BCUT2D eigenvalue weighted by molar-refractivity contribution is 0.179. The van der Waals surface area contributed by atoms with Crippen LogP contribution >= 0.6 is 11.8 Å². The number of benzene rings is 1. The van der Waals surface area contributed by atoms with E-state index in [9.17, 15) is 0 Å². The third-order valence-electron chi connectivity index (χ3n) is 3.90. The van der Waals surface area contributed by atoms with Crippen molar-refractivity contribution in [3.63, 3.8) is 0 Å². The molecule has 3 atom stereocenters. The third kappa shape index (κ3) is 4.73. The van der Waals surface area contributed by atoms with Crippen molar-refractivity contribution >= 4 is 11.8 Å². The maximum Gasteiger partial charge on any atom is 0.103 e. The number of hydrogen-bond donors (Lipinski definition) is 2. The summed E-state index contributed by atoms with van der Waals surface area (Å²) in [5, 5.41) is 9.11. The van der Waals surface area contributed by atoms with Crippen molar-refractivity contribution in [3.05, 3.63) is 59.7 Å². The highest BCUT2D eigenvalue weighted by molar-refractivity contribution is 7.99. The molecular weight excluding hydrogens is 278 g/mol. The monoisotopic (exact) mass is 303 g/mol. The average Bonchev–Trinajstić information content (AvgIpc) is 2.82. The highest BCUT2D eigenvalue weighted by Gasteiger charge is 2.28. The van der Waals surface area contributed by atoms with E-state index in [2.05, 4.69) is 48.6 Å². The highest BCUT2D eigenvalue weighted by atomic mass is 32.2. The zero-order valence-electron chi connectivity index (χ0n) is 12.6. The Morgan fingerprint density at radius 2 is 2.10 bits per heavy atom. The van der Waals surface area contributed by atoms with Gasteiger partial charge in [0, 0.05) is 11.7 Å². The predicted molar refractivity (Wildman–Crippen MR) is 92.6 cm³/mol. The quantitative estimate of drug-likeness (QED) is 0.458. The van der Waals surface area contributed by atoms with Gasteiger partial charge in [0.05, 0.1) is 0 Å². The molecule has 2 unspecified atom stereocenters. The van der Waals surface area contributed by atoms with Crippen LogP contribution in [0.1, 0.15) is 42.7 Å². The van der Waals surface area contributed by atoms with Crippen molar-refractivity contribution < 1.29 is 5.11 Å². The number of rotatable bonds is 7. The summed E-state index contributed by atoms with van der Waals surface area (Å²) in [6.07, 6.45) is 9.80. The molecule has 0 heterocycles. The van der Waals surface area contributed by atoms with Crippen LogP contribution in [0.3, 0.4) is 0 Å². The Morgan fingerprint density at radius 1 is 1.33 bits per heavy atom. The molecule has 1 aliphatic carbocycles. The van der Waals surface area contributed by atoms with Gasteiger partial charge in [0.1, 0.15) is 6.23 Å². The fourth-order valence-corrected chi connectivity index (χ4v) is 4.03. The van der Waals surface area contributed by atoms with E-state index in [-0.39, 0.29) is 0 Å². The minimum Gasteiger partial charge on any atom is -0.379 e. The molecule has 114 valence electrons. The maximum absolute atomic E-state index is 9.11. The summed E-state index contributed by atoms with van der Waals surface area (Å²) < 4.78 is 0. The summed E-state index contributed by atoms with van der Waals surface area (Å²) in [4.78, 5) is 0. The van der Waals surface area contributed by atoms with Crippen LogP contribution in [0.4, 0.5) is 0 Å². The highest BCUT2D eigenvalue weighted by Crippen LogP contribution is 2.43. The lowest BCUT2D eigenvalue weighted by Crippen LogP contribution is -2.19. The summed E-state index contributed by atoms with van der Waals surface area (Å²) in [6, 6.07) is 8.80. The summed E-state index contributed by atoms with van der Waals surface area (Å²) in [7, 11) is 0. The van der Waals surface area contributed by atoms with Crippen LogP contribution in [0.15, 0.2) is 48.6 Å². The molecule has 1 aromatic carbocycles. The molecule has 2 rings (SSSR count). The minimum atomic E-state index is -0.676. The molecule has 2 nitrogen and oxygen atoms in total. The zero-order chi connectivity index (χ0) is 15.1. The predicted octanol–water partition coefficient (Wildman–Crippen LogP) is 3.79. The van der Waals surface area contributed by atoms with Crippen molar-refractivity contribution in [1.82, 2.24) is 0 Å². The smallest absolute Gasteiger partial charge is 0.103 e. The molecule has 0 spiro atoms. The number of fused-ring (bicyclic) bond motifs is 1. The number of thioether (sulfide) groups is 1. The van der Waals surface area contributed by atoms with Gasteiger partial charge in [0.25, 0.3) is 0 Å². The Morgan fingerprint density at radius 3 is 2.81 bits per heavy atom. The molecule has 0 aromatic heterocycles. The van der Waals surface area contributed by atoms with Crippen molar-refractivity contribution in [2.75, 3.05) is 11.5 Å². The molecule has 3 N–H and O–H groups in total. The van der Waals surface area contributed by atoms with E-state index in [0.717, 1.165) is 11.5 Å². The van der Waals surface area contributed by atoms with Crippen LogP contribution in [-0.2, 0) is 0 Å². The van der Waals surface area contributed by atoms with Gasteiger partial charge in [-0.05, 0) is 42.6 Å². The van der Waals surface area contributed by atoms with E-state index in [1.54, 1.807) is 0 Å². The van der Waals surface area contributed by atoms with Crippen LogP contribution in [0.2, 0.25) is 0 Å². The molecule has 1 aromatic rings. The number of nitrogens with two attached hydrogens (primary N) is 1. The molecule has 0 radical (unpaired) electrons. The molecular formula is C18H25NOS. The summed E-state index contributed by atoms with van der Waals surface area (Å²) >= 11 is 1.89. The molecule has 0 aliphatic heterocycles. The van der Waals surface area contributed by atoms with Crippen molar-refractivity contribution in [1.29, 1.82) is 0 Å². The molecule has 0 amide bonds. The Kier molecular flexibility index (Phi) is 6.55. The van der Waals surface area contributed by atoms with Gasteiger partial charge in [0.15, 0.2) is 0 Å². The van der Waals surface area contributed by atoms with Gasteiger partial charge in [-0.3, -0.25) is 0 Å². The Bertz CT molecular complexity index is 496. The topological polar surface area (TPSA) is 46.2 Å². The molecule has 0 bridgehead atoms. The first kappa shape index (κ1) is 16.3. The summed E-state index contributed by atoms with van der Waals surface area (Å²) in [5.74, 6) is 3.18. The van der Waals surface area contributed by atoms with E-state index in [4.69, 9.17) is 10.8 Å². The van der Waals surface area contributed by atoms with Gasteiger partial charge in [-0.25, -0.2) is 0 Å². The first-order valence-electron chi connectivity index (χ1n) is 7.62. The maximum atomic E-state index is 9.11. The lowest BCUT2D eigenvalue weighted by atomic mass is 10.0. The van der Waals surface area contributed by atoms with Crippen molar-refractivity contribution in [2.24, 2.45) is 5.73 Å². The largest absolute Gasteiger partial charge is 0.379 e. The van der Waals surface area contributed by atoms with E-state index >= 15 is 0 Å². The number of aliphatic hydroxyl groups is 1. The van der Waals surface area contributed by atoms with Crippen LogP contribution in [0, 0.1) is 0 Å². The molecule has 3 heteroatoms. The second-order valence-corrected chi connectivity index (χ2v) is 6.66. The standard InChI is InChI=1S/C18H25NOS/c1-2-3-4-7-14-12-15(13-21-11-10-18(19)20)17-9-6-5-8-16(14)17/h2-9,14-15,18,20H,10-13,19H2,1H3/b3-2-,7-4-/t14-,15?,18?/m0/s1. The second kappa shape index (κ2) is 8.42. The molecule has 0 saturated heterocycles. The zero-order valence-corrected chi connectivity index (χ0v) is 13.4. The third-order valence-corrected chi connectivity index (χ3v) is 5.06. The van der Waals surface area contributed by atoms with Crippen LogP contribution in [-0.4, -0.2) is 22.8 Å². The normalized spacial score (nSPS) is 23.0. The van der Waals surface area contributed by atoms with Gasteiger partial charge in [-0.1, -0.05) is 48.6 Å². The van der Waals surface area contributed by atoms with E-state index in [1.165, 1.54) is 17.5 Å². The van der Waals surface area contributed by atoms with Crippen LogP contribution in [0.5, 0.6) is 0 Å². The molecule has 0 fully saturated rings. The van der Waals surface area contributed by atoms with Gasteiger partial charge >= 0.3 is 0 Å². The van der Waals surface area contributed by atoms with E-state index in [0.29, 0.717) is 18.3 Å². The van der Waals surface area contributed by atoms with Crippen molar-refractivity contribution in [2.45, 2.75) is 37.8 Å². The molecule has 21 heavy (non-hydrogen) atoms. The number of hydrogen-bond acceptors (Lipinski definition) is 3. The second-order valence-electron chi connectivity index (χ2n) is 5.51. The fourth-order valence-electron chi connectivity index (χ4n) is 2.86. The number of allylic oxidation sites excluding steroid dienone is 4. The van der Waals surface area contributed by atoms with E-state index in [1.807, 2.05) is 18.7 Å².